The smallest absolute Gasteiger partial charge is 0.323 e. The number of carbonyl (C=O) groups is 1. The first kappa shape index (κ1) is 15.9. The summed E-state index contributed by atoms with van der Waals surface area (Å²) >= 11 is 1.59. The van der Waals surface area contributed by atoms with Gasteiger partial charge in [-0.15, -0.1) is 0 Å². The van der Waals surface area contributed by atoms with Gasteiger partial charge in [-0.3, -0.25) is 4.79 Å². The highest BCUT2D eigenvalue weighted by molar-refractivity contribution is 7.99. The largest absolute Gasteiger partial charge is 0.493 e. The molecule has 19 heavy (non-hydrogen) atoms. The molecule has 0 aromatic heterocycles. The molecule has 0 heterocycles. The van der Waals surface area contributed by atoms with Gasteiger partial charge in [-0.05, 0) is 31.5 Å². The van der Waals surface area contributed by atoms with Crippen LogP contribution in [0.15, 0.2) is 24.3 Å². The summed E-state index contributed by atoms with van der Waals surface area (Å²) in [6, 6.07) is 7.37. The van der Waals surface area contributed by atoms with Crippen LogP contribution in [0.4, 0.5) is 0 Å². The first-order valence-electron chi connectivity index (χ1n) is 6.33. The third kappa shape index (κ3) is 6.50. The van der Waals surface area contributed by atoms with Crippen LogP contribution in [0.5, 0.6) is 5.75 Å². The Morgan fingerprint density at radius 2 is 2.26 bits per heavy atom. The van der Waals surface area contributed by atoms with Crippen molar-refractivity contribution in [1.82, 2.24) is 0 Å². The van der Waals surface area contributed by atoms with Gasteiger partial charge in [0, 0.05) is 11.5 Å². The lowest BCUT2D eigenvalue weighted by Gasteiger charge is -2.10. The van der Waals surface area contributed by atoms with Crippen LogP contribution < -0.4 is 10.5 Å². The van der Waals surface area contributed by atoms with Gasteiger partial charge in [0.15, 0.2) is 0 Å². The van der Waals surface area contributed by atoms with Gasteiger partial charge < -0.3 is 15.2 Å². The number of carbonyl (C=O) groups excluding carboxylic acids is 1. The molecular weight excluding hydrogens is 262 g/mol. The fourth-order valence-electron chi connectivity index (χ4n) is 1.45. The van der Waals surface area contributed by atoms with Crippen LogP contribution in [0.25, 0.3) is 0 Å². The first-order chi connectivity index (χ1) is 9.13. The molecule has 0 aliphatic heterocycles. The number of rotatable bonds is 8. The predicted molar refractivity (Wildman–Crippen MR) is 78.6 cm³/mol. The van der Waals surface area contributed by atoms with Crippen molar-refractivity contribution in [1.29, 1.82) is 0 Å². The average Bonchev–Trinajstić information content (AvgIpc) is 2.38. The van der Waals surface area contributed by atoms with Crippen molar-refractivity contribution in [3.05, 3.63) is 29.8 Å². The molecule has 0 radical (unpaired) electrons. The second kappa shape index (κ2) is 8.82. The van der Waals surface area contributed by atoms with E-state index >= 15 is 0 Å². The average molecular weight is 283 g/mol. The lowest BCUT2D eigenvalue weighted by atomic mass is 10.2. The van der Waals surface area contributed by atoms with Crippen LogP contribution in [0.3, 0.4) is 0 Å². The fraction of sp³-hybridized carbons (Fsp3) is 0.500. The highest BCUT2D eigenvalue weighted by Gasteiger charge is 2.13. The van der Waals surface area contributed by atoms with Crippen molar-refractivity contribution in [2.45, 2.75) is 19.9 Å². The fourth-order valence-corrected chi connectivity index (χ4v) is 2.21. The highest BCUT2D eigenvalue weighted by Crippen LogP contribution is 2.13. The number of aryl methyl sites for hydroxylation is 1. The lowest BCUT2D eigenvalue weighted by Crippen LogP contribution is -2.34. The summed E-state index contributed by atoms with van der Waals surface area (Å²) in [7, 11) is 0. The van der Waals surface area contributed by atoms with Crippen LogP contribution in [-0.4, -0.2) is 36.7 Å². The molecule has 1 aromatic rings. The van der Waals surface area contributed by atoms with Gasteiger partial charge in [0.1, 0.15) is 11.8 Å². The highest BCUT2D eigenvalue weighted by atomic mass is 32.2. The Hall–Kier alpha value is -1.20. The van der Waals surface area contributed by atoms with Gasteiger partial charge in [0.05, 0.1) is 13.2 Å². The van der Waals surface area contributed by atoms with E-state index in [-0.39, 0.29) is 5.97 Å². The molecule has 1 atom stereocenters. The molecule has 4 nitrogen and oxygen atoms in total. The molecule has 0 amide bonds. The monoisotopic (exact) mass is 283 g/mol. The van der Waals surface area contributed by atoms with E-state index in [0.717, 1.165) is 11.5 Å². The SMILES string of the molecule is CCOC(=O)C(N)CSCCOc1cccc(C)c1. The number of benzene rings is 1. The lowest BCUT2D eigenvalue weighted by molar-refractivity contribution is -0.144. The number of hydrogen-bond acceptors (Lipinski definition) is 5. The van der Waals surface area contributed by atoms with E-state index in [1.54, 1.807) is 18.7 Å². The summed E-state index contributed by atoms with van der Waals surface area (Å²) < 4.78 is 10.4. The van der Waals surface area contributed by atoms with Crippen molar-refractivity contribution in [2.75, 3.05) is 24.7 Å². The summed E-state index contributed by atoms with van der Waals surface area (Å²) in [4.78, 5) is 11.3. The third-order valence-electron chi connectivity index (χ3n) is 2.37. The van der Waals surface area contributed by atoms with E-state index in [2.05, 4.69) is 0 Å². The summed E-state index contributed by atoms with van der Waals surface area (Å²) in [6.45, 7) is 4.77. The quantitative estimate of drug-likeness (QED) is 0.584. The van der Waals surface area contributed by atoms with Crippen molar-refractivity contribution in [2.24, 2.45) is 5.73 Å². The number of thioether (sulfide) groups is 1. The van der Waals surface area contributed by atoms with E-state index in [4.69, 9.17) is 15.2 Å². The molecule has 0 bridgehead atoms. The Kier molecular flexibility index (Phi) is 7.36. The zero-order valence-corrected chi connectivity index (χ0v) is 12.2. The molecular formula is C14H21NO3S. The second-order valence-corrected chi connectivity index (χ2v) is 5.25. The van der Waals surface area contributed by atoms with Crippen LogP contribution in [0.1, 0.15) is 12.5 Å². The number of hydrogen-bond donors (Lipinski definition) is 1. The van der Waals surface area contributed by atoms with E-state index in [1.807, 2.05) is 31.2 Å². The Morgan fingerprint density at radius 1 is 1.47 bits per heavy atom. The number of nitrogens with two attached hydrogens (primary N) is 1. The summed E-state index contributed by atoms with van der Waals surface area (Å²) in [6.07, 6.45) is 0. The van der Waals surface area contributed by atoms with Gasteiger partial charge >= 0.3 is 5.97 Å². The van der Waals surface area contributed by atoms with Crippen LogP contribution in [0, 0.1) is 6.92 Å². The molecule has 0 saturated heterocycles. The maximum absolute atomic E-state index is 11.3. The van der Waals surface area contributed by atoms with E-state index in [9.17, 15) is 4.79 Å². The Labute approximate surface area is 118 Å². The molecule has 0 aliphatic carbocycles. The molecule has 1 aromatic carbocycles. The zero-order chi connectivity index (χ0) is 14.1. The molecule has 5 heteroatoms. The standard InChI is InChI=1S/C14H21NO3S/c1-3-17-14(16)13(15)10-19-8-7-18-12-6-4-5-11(2)9-12/h4-6,9,13H,3,7-8,10,15H2,1-2H3. The van der Waals surface area contributed by atoms with Crippen LogP contribution >= 0.6 is 11.8 Å². The van der Waals surface area contributed by atoms with Gasteiger partial charge in [-0.25, -0.2) is 0 Å². The Balaban J connectivity index is 2.13. The topological polar surface area (TPSA) is 61.5 Å². The molecule has 2 N–H and O–H groups in total. The summed E-state index contributed by atoms with van der Waals surface area (Å²) in [5.74, 6) is 1.88. The Morgan fingerprint density at radius 3 is 2.95 bits per heavy atom. The number of esters is 1. The maximum Gasteiger partial charge on any atom is 0.323 e. The molecule has 0 aliphatic rings. The maximum atomic E-state index is 11.3. The molecule has 1 unspecified atom stereocenters. The summed E-state index contributed by atoms with van der Waals surface area (Å²) in [5, 5.41) is 0. The molecule has 1 rings (SSSR count). The van der Waals surface area contributed by atoms with Crippen LogP contribution in [-0.2, 0) is 9.53 Å². The van der Waals surface area contributed by atoms with Crippen molar-refractivity contribution in [3.63, 3.8) is 0 Å². The van der Waals surface area contributed by atoms with E-state index in [1.165, 1.54) is 5.56 Å². The van der Waals surface area contributed by atoms with Crippen LogP contribution in [0.2, 0.25) is 0 Å². The van der Waals surface area contributed by atoms with Gasteiger partial charge in [-0.1, -0.05) is 12.1 Å². The van der Waals surface area contributed by atoms with E-state index < -0.39 is 6.04 Å². The van der Waals surface area contributed by atoms with Gasteiger partial charge in [-0.2, -0.15) is 11.8 Å². The second-order valence-electron chi connectivity index (χ2n) is 4.10. The minimum atomic E-state index is -0.552. The molecule has 0 fully saturated rings. The Bertz CT molecular complexity index is 398. The van der Waals surface area contributed by atoms with Gasteiger partial charge in [0.2, 0.25) is 0 Å². The number of ether oxygens (including phenoxy) is 2. The van der Waals surface area contributed by atoms with Crippen molar-refractivity contribution < 1.29 is 14.3 Å². The minimum Gasteiger partial charge on any atom is -0.493 e. The molecule has 0 saturated carbocycles. The normalized spacial score (nSPS) is 11.9. The first-order valence-corrected chi connectivity index (χ1v) is 7.48. The van der Waals surface area contributed by atoms with Crippen molar-refractivity contribution in [3.8, 4) is 5.75 Å². The van der Waals surface area contributed by atoms with Gasteiger partial charge in [0.25, 0.3) is 0 Å². The zero-order valence-electron chi connectivity index (χ0n) is 11.4. The minimum absolute atomic E-state index is 0.338. The predicted octanol–water partition coefficient (Wildman–Crippen LogP) is 2.00. The molecule has 106 valence electrons. The third-order valence-corrected chi connectivity index (χ3v) is 3.42. The summed E-state index contributed by atoms with van der Waals surface area (Å²) in [5.41, 5.74) is 6.86. The van der Waals surface area contributed by atoms with Crippen molar-refractivity contribution >= 4 is 17.7 Å². The van der Waals surface area contributed by atoms with E-state index in [0.29, 0.717) is 19.0 Å². The molecule has 0 spiro atoms.